The van der Waals surface area contributed by atoms with Crippen LogP contribution < -0.4 is 11.1 Å². The molecule has 9 nitrogen and oxygen atoms in total. The van der Waals surface area contributed by atoms with Crippen molar-refractivity contribution < 1.29 is 4.79 Å². The van der Waals surface area contributed by atoms with Crippen LogP contribution in [0.25, 0.3) is 0 Å². The second-order valence-electron chi connectivity index (χ2n) is 4.29. The Morgan fingerprint density at radius 1 is 1.50 bits per heavy atom. The Hall–Kier alpha value is -2.29. The summed E-state index contributed by atoms with van der Waals surface area (Å²) >= 11 is 0. The van der Waals surface area contributed by atoms with E-state index in [1.165, 1.54) is 6.33 Å². The topological polar surface area (TPSA) is 117 Å². The summed E-state index contributed by atoms with van der Waals surface area (Å²) in [6, 6.07) is 0. The van der Waals surface area contributed by atoms with Crippen LogP contribution in [0.1, 0.15) is 24.9 Å². The van der Waals surface area contributed by atoms with Crippen molar-refractivity contribution in [1.29, 1.82) is 0 Å². The first-order valence-corrected chi connectivity index (χ1v) is 6.45. The lowest BCUT2D eigenvalue weighted by molar-refractivity contribution is -0.119. The highest BCUT2D eigenvalue weighted by atomic mass is 16.1. The number of nitrogens with two attached hydrogens (primary N) is 1. The van der Waals surface area contributed by atoms with Crippen molar-refractivity contribution in [3.63, 3.8) is 0 Å². The first-order valence-electron chi connectivity index (χ1n) is 6.45. The summed E-state index contributed by atoms with van der Waals surface area (Å²) in [6.07, 6.45) is 4.29. The van der Waals surface area contributed by atoms with Crippen molar-refractivity contribution in [3.05, 3.63) is 24.0 Å². The first-order chi connectivity index (χ1) is 9.72. The summed E-state index contributed by atoms with van der Waals surface area (Å²) in [7, 11) is 0. The van der Waals surface area contributed by atoms with Gasteiger partial charge in [0.2, 0.25) is 5.91 Å². The van der Waals surface area contributed by atoms with Crippen LogP contribution in [-0.4, -0.2) is 42.2 Å². The van der Waals surface area contributed by atoms with Crippen molar-refractivity contribution in [2.75, 3.05) is 6.54 Å². The van der Waals surface area contributed by atoms with Crippen LogP contribution in [0.2, 0.25) is 0 Å². The average molecular weight is 278 g/mol. The maximum atomic E-state index is 11.1. The van der Waals surface area contributed by atoms with Gasteiger partial charge >= 0.3 is 0 Å². The summed E-state index contributed by atoms with van der Waals surface area (Å²) in [5.74, 6) is 0.608. The van der Waals surface area contributed by atoms with Crippen LogP contribution in [0.4, 0.5) is 0 Å². The van der Waals surface area contributed by atoms with Gasteiger partial charge in [0.1, 0.15) is 24.4 Å². The molecule has 2 aromatic rings. The average Bonchev–Trinajstić information content (AvgIpc) is 3.07. The summed E-state index contributed by atoms with van der Waals surface area (Å²) in [6.45, 7) is 3.69. The molecule has 0 saturated heterocycles. The van der Waals surface area contributed by atoms with E-state index in [-0.39, 0.29) is 12.5 Å². The van der Waals surface area contributed by atoms with E-state index in [2.05, 4.69) is 32.6 Å². The smallest absolute Gasteiger partial charge is 0.234 e. The second-order valence-corrected chi connectivity index (χ2v) is 4.29. The minimum atomic E-state index is -0.220. The quantitative estimate of drug-likeness (QED) is 0.664. The lowest BCUT2D eigenvalue weighted by atomic mass is 10.4. The molecule has 108 valence electrons. The Kier molecular flexibility index (Phi) is 4.77. The molecule has 3 N–H and O–H groups in total. The maximum Gasteiger partial charge on any atom is 0.234 e. The predicted octanol–water partition coefficient (Wildman–Crippen LogP) is -1.10. The van der Waals surface area contributed by atoms with Gasteiger partial charge < -0.3 is 11.1 Å². The van der Waals surface area contributed by atoms with E-state index in [1.807, 2.05) is 4.68 Å². The third kappa shape index (κ3) is 3.60. The Morgan fingerprint density at radius 3 is 3.10 bits per heavy atom. The van der Waals surface area contributed by atoms with E-state index >= 15 is 0 Å². The molecule has 0 fully saturated rings. The molecule has 0 unspecified atom stereocenters. The second kappa shape index (κ2) is 6.75. The zero-order valence-corrected chi connectivity index (χ0v) is 11.4. The van der Waals surface area contributed by atoms with Crippen LogP contribution >= 0.6 is 0 Å². The van der Waals surface area contributed by atoms with Crippen molar-refractivity contribution >= 4 is 5.91 Å². The van der Waals surface area contributed by atoms with Gasteiger partial charge in [-0.05, 0) is 6.42 Å². The number of carbonyl (C=O) groups is 1. The van der Waals surface area contributed by atoms with Gasteiger partial charge in [0.05, 0.1) is 19.3 Å². The molecule has 0 spiro atoms. The highest BCUT2D eigenvalue weighted by molar-refractivity contribution is 5.77. The third-order valence-electron chi connectivity index (χ3n) is 2.67. The van der Waals surface area contributed by atoms with Gasteiger partial charge in [-0.3, -0.25) is 4.79 Å². The van der Waals surface area contributed by atoms with Crippen LogP contribution in [0.15, 0.2) is 12.5 Å². The molecule has 0 atom stereocenters. The molecule has 0 bridgehead atoms. The number of aryl methyl sites for hydroxylation is 1. The molecule has 2 rings (SSSR count). The molecule has 0 aliphatic carbocycles. The summed E-state index contributed by atoms with van der Waals surface area (Å²) in [5, 5.41) is 14.8. The first kappa shape index (κ1) is 14.1. The molecule has 9 heteroatoms. The molecule has 2 aromatic heterocycles. The van der Waals surface area contributed by atoms with Crippen molar-refractivity contribution in [1.82, 2.24) is 35.1 Å². The molecule has 20 heavy (non-hydrogen) atoms. The number of carbonyl (C=O) groups excluding carboxylic acids is 1. The highest BCUT2D eigenvalue weighted by Gasteiger charge is 2.07. The molecular formula is C11H18N8O. The van der Waals surface area contributed by atoms with E-state index in [0.29, 0.717) is 18.8 Å². The zero-order valence-electron chi connectivity index (χ0n) is 11.4. The van der Waals surface area contributed by atoms with E-state index in [9.17, 15) is 4.79 Å². The van der Waals surface area contributed by atoms with Gasteiger partial charge in [0, 0.05) is 6.54 Å². The Labute approximate surface area is 116 Å². The van der Waals surface area contributed by atoms with Crippen molar-refractivity contribution in [2.45, 2.75) is 33.0 Å². The van der Waals surface area contributed by atoms with Gasteiger partial charge in [0.15, 0.2) is 0 Å². The number of nitrogens with one attached hydrogen (secondary N) is 1. The molecule has 0 aliphatic heterocycles. The van der Waals surface area contributed by atoms with E-state index in [4.69, 9.17) is 5.73 Å². The van der Waals surface area contributed by atoms with Crippen LogP contribution in [0.5, 0.6) is 0 Å². The zero-order chi connectivity index (χ0) is 14.4. The number of amides is 1. The fourth-order valence-corrected chi connectivity index (χ4v) is 1.71. The summed E-state index contributed by atoms with van der Waals surface area (Å²) in [4.78, 5) is 15.3. The number of hydrogen-bond acceptors (Lipinski definition) is 6. The lowest BCUT2D eigenvalue weighted by Gasteiger charge is -2.03. The van der Waals surface area contributed by atoms with E-state index < -0.39 is 0 Å². The summed E-state index contributed by atoms with van der Waals surface area (Å²) < 4.78 is 3.51. The van der Waals surface area contributed by atoms with Gasteiger partial charge in [0.25, 0.3) is 0 Å². The highest BCUT2D eigenvalue weighted by Crippen LogP contribution is 2.00. The number of rotatable bonds is 7. The minimum Gasteiger partial charge on any atom is -0.349 e. The van der Waals surface area contributed by atoms with Gasteiger partial charge in [-0.1, -0.05) is 12.1 Å². The van der Waals surface area contributed by atoms with Crippen molar-refractivity contribution in [3.8, 4) is 0 Å². The fraction of sp³-hybridized carbons (Fsp3) is 0.545. The van der Waals surface area contributed by atoms with Crippen LogP contribution in [-0.2, 0) is 24.4 Å². The Balaban J connectivity index is 1.95. The molecule has 0 aromatic carbocycles. The number of nitrogens with zero attached hydrogens (tertiary/aromatic N) is 6. The largest absolute Gasteiger partial charge is 0.349 e. The fourth-order valence-electron chi connectivity index (χ4n) is 1.71. The van der Waals surface area contributed by atoms with Gasteiger partial charge in [-0.2, -0.15) is 5.10 Å². The number of aromatic nitrogens is 6. The standard InChI is InChI=1S/C11H18N8O/c1-2-3-19-10(14-8-15-19)7-18-6-9(16-17-18)5-13-11(20)4-12/h6,8H,2-5,7,12H2,1H3,(H,13,20). The molecule has 0 saturated carbocycles. The Morgan fingerprint density at radius 2 is 2.35 bits per heavy atom. The third-order valence-corrected chi connectivity index (χ3v) is 2.67. The van der Waals surface area contributed by atoms with Crippen molar-refractivity contribution in [2.24, 2.45) is 5.73 Å². The minimum absolute atomic E-state index is 0.0335. The maximum absolute atomic E-state index is 11.1. The van der Waals surface area contributed by atoms with E-state index in [1.54, 1.807) is 10.9 Å². The predicted molar refractivity (Wildman–Crippen MR) is 70.3 cm³/mol. The SMILES string of the molecule is CCCn1ncnc1Cn1cc(CNC(=O)CN)nn1. The molecule has 0 radical (unpaired) electrons. The van der Waals surface area contributed by atoms with Gasteiger partial charge in [-0.25, -0.2) is 14.3 Å². The molecule has 0 aliphatic rings. The molecule has 1 amide bonds. The normalized spacial score (nSPS) is 10.7. The number of hydrogen-bond donors (Lipinski definition) is 2. The summed E-state index contributed by atoms with van der Waals surface area (Å²) in [5.41, 5.74) is 5.88. The lowest BCUT2D eigenvalue weighted by Crippen LogP contribution is -2.29. The van der Waals surface area contributed by atoms with Crippen LogP contribution in [0, 0.1) is 0 Å². The molecular weight excluding hydrogens is 260 g/mol. The molecule has 2 heterocycles. The Bertz CT molecular complexity index is 560. The van der Waals surface area contributed by atoms with Crippen LogP contribution in [0.3, 0.4) is 0 Å². The van der Waals surface area contributed by atoms with E-state index in [0.717, 1.165) is 18.8 Å². The monoisotopic (exact) mass is 278 g/mol. The van der Waals surface area contributed by atoms with Gasteiger partial charge in [-0.15, -0.1) is 5.10 Å².